The van der Waals surface area contributed by atoms with Crippen molar-refractivity contribution in [2.24, 2.45) is 11.8 Å². The lowest BCUT2D eigenvalue weighted by Crippen LogP contribution is -2.50. The Kier molecular flexibility index (Phi) is 5.53. The number of hydrogen-bond acceptors (Lipinski definition) is 2. The van der Waals surface area contributed by atoms with E-state index in [-0.39, 0.29) is 18.3 Å². The maximum Gasteiger partial charge on any atom is 0.225 e. The van der Waals surface area contributed by atoms with Gasteiger partial charge in [0.05, 0.1) is 0 Å². The Labute approximate surface area is 137 Å². The van der Waals surface area contributed by atoms with Gasteiger partial charge in [0.1, 0.15) is 0 Å². The summed E-state index contributed by atoms with van der Waals surface area (Å²) in [5.41, 5.74) is 1.29. The van der Waals surface area contributed by atoms with Crippen molar-refractivity contribution >= 4 is 29.9 Å². The van der Waals surface area contributed by atoms with Crippen LogP contribution in [0.1, 0.15) is 24.8 Å². The fourth-order valence-electron chi connectivity index (χ4n) is 3.12. The minimum atomic E-state index is 0. The molecule has 1 aromatic carbocycles. The molecule has 0 radical (unpaired) electrons. The van der Waals surface area contributed by atoms with E-state index in [1.165, 1.54) is 5.56 Å². The van der Waals surface area contributed by atoms with Gasteiger partial charge in [0, 0.05) is 29.9 Å². The predicted octanol–water partition coefficient (Wildman–Crippen LogP) is 2.93. The van der Waals surface area contributed by atoms with Crippen LogP contribution in [0.4, 0.5) is 0 Å². The Balaban J connectivity index is 0.00000161. The molecule has 2 fully saturated rings. The summed E-state index contributed by atoms with van der Waals surface area (Å²) in [5.74, 6) is 1.47. The van der Waals surface area contributed by atoms with Gasteiger partial charge in [0.15, 0.2) is 0 Å². The highest BCUT2D eigenvalue weighted by molar-refractivity contribution is 6.30. The molecule has 0 aliphatic carbocycles. The molecule has 2 atom stereocenters. The van der Waals surface area contributed by atoms with Crippen LogP contribution in [-0.2, 0) is 4.79 Å². The van der Waals surface area contributed by atoms with Crippen LogP contribution in [0.25, 0.3) is 0 Å². The number of carbonyl (C=O) groups is 1. The van der Waals surface area contributed by atoms with Crippen LogP contribution in [0.5, 0.6) is 0 Å². The van der Waals surface area contributed by atoms with Crippen LogP contribution in [0.2, 0.25) is 5.02 Å². The van der Waals surface area contributed by atoms with E-state index < -0.39 is 0 Å². The first-order valence-corrected chi connectivity index (χ1v) is 7.78. The third-order valence-corrected chi connectivity index (χ3v) is 5.00. The molecule has 0 saturated carbocycles. The fraction of sp³-hybridized carbons (Fsp3) is 0.562. The Morgan fingerprint density at radius 1 is 1.33 bits per heavy atom. The quantitative estimate of drug-likeness (QED) is 0.925. The predicted molar refractivity (Wildman–Crippen MR) is 88.2 cm³/mol. The van der Waals surface area contributed by atoms with Crippen LogP contribution in [0, 0.1) is 11.8 Å². The van der Waals surface area contributed by atoms with Crippen molar-refractivity contribution in [1.82, 2.24) is 10.2 Å². The molecule has 0 bridgehead atoms. The summed E-state index contributed by atoms with van der Waals surface area (Å²) in [5, 5.41) is 4.01. The van der Waals surface area contributed by atoms with Gasteiger partial charge in [0.2, 0.25) is 5.91 Å². The number of halogens is 2. The first kappa shape index (κ1) is 16.6. The number of rotatable bonds is 3. The minimum absolute atomic E-state index is 0. The standard InChI is InChI=1S/C16H21ClN2O.ClH/c1-11(14-8-18-9-14)16(20)19-7-6-13(10-19)12-2-4-15(17)5-3-12;/h2-5,11,13-14,18H,6-10H2,1H3;1H. The fourth-order valence-corrected chi connectivity index (χ4v) is 3.25. The van der Waals surface area contributed by atoms with Gasteiger partial charge in [-0.15, -0.1) is 12.4 Å². The molecular formula is C16H22Cl2N2O. The summed E-state index contributed by atoms with van der Waals surface area (Å²) < 4.78 is 0. The summed E-state index contributed by atoms with van der Waals surface area (Å²) in [6.07, 6.45) is 1.06. The van der Waals surface area contributed by atoms with Gasteiger partial charge in [-0.05, 0) is 43.1 Å². The molecule has 2 unspecified atom stereocenters. The normalized spacial score (nSPS) is 23.3. The Morgan fingerprint density at radius 3 is 2.57 bits per heavy atom. The second-order valence-electron chi connectivity index (χ2n) is 6.03. The maximum absolute atomic E-state index is 12.5. The SMILES string of the molecule is CC(C(=O)N1CCC(c2ccc(Cl)cc2)C1)C1CNC1.Cl. The molecule has 2 heterocycles. The highest BCUT2D eigenvalue weighted by Crippen LogP contribution is 2.30. The maximum atomic E-state index is 12.5. The monoisotopic (exact) mass is 328 g/mol. The van der Waals surface area contributed by atoms with Gasteiger partial charge >= 0.3 is 0 Å². The average Bonchev–Trinajstić information content (AvgIpc) is 2.86. The second-order valence-corrected chi connectivity index (χ2v) is 6.46. The molecule has 116 valence electrons. The first-order valence-electron chi connectivity index (χ1n) is 7.40. The molecule has 1 N–H and O–H groups in total. The molecule has 2 aliphatic heterocycles. The smallest absolute Gasteiger partial charge is 0.225 e. The number of amides is 1. The lowest BCUT2D eigenvalue weighted by Gasteiger charge is -2.34. The third-order valence-electron chi connectivity index (χ3n) is 4.75. The van der Waals surface area contributed by atoms with Crippen molar-refractivity contribution in [2.75, 3.05) is 26.2 Å². The number of likely N-dealkylation sites (tertiary alicyclic amines) is 1. The summed E-state index contributed by atoms with van der Waals surface area (Å²) in [4.78, 5) is 14.5. The van der Waals surface area contributed by atoms with Gasteiger partial charge < -0.3 is 10.2 Å². The molecule has 3 rings (SSSR count). The topological polar surface area (TPSA) is 32.3 Å². The van der Waals surface area contributed by atoms with Crippen molar-refractivity contribution in [3.63, 3.8) is 0 Å². The first-order chi connectivity index (χ1) is 9.65. The molecule has 2 saturated heterocycles. The van der Waals surface area contributed by atoms with E-state index in [1.54, 1.807) is 0 Å². The molecule has 3 nitrogen and oxygen atoms in total. The Bertz CT molecular complexity index is 488. The largest absolute Gasteiger partial charge is 0.342 e. The van der Waals surface area contributed by atoms with Gasteiger partial charge in [-0.25, -0.2) is 0 Å². The van der Waals surface area contributed by atoms with Crippen LogP contribution in [0.3, 0.4) is 0 Å². The van der Waals surface area contributed by atoms with E-state index in [9.17, 15) is 4.79 Å². The van der Waals surface area contributed by atoms with Crippen LogP contribution in [-0.4, -0.2) is 37.0 Å². The molecular weight excluding hydrogens is 307 g/mol. The highest BCUT2D eigenvalue weighted by Gasteiger charge is 2.34. The molecule has 5 heteroatoms. The zero-order chi connectivity index (χ0) is 14.1. The summed E-state index contributed by atoms with van der Waals surface area (Å²) in [6, 6.07) is 8.04. The van der Waals surface area contributed by atoms with E-state index in [0.717, 1.165) is 37.6 Å². The van der Waals surface area contributed by atoms with Crippen LogP contribution >= 0.6 is 24.0 Å². The van der Waals surface area contributed by atoms with Crippen molar-refractivity contribution < 1.29 is 4.79 Å². The van der Waals surface area contributed by atoms with E-state index in [4.69, 9.17) is 11.6 Å². The number of nitrogens with zero attached hydrogens (tertiary/aromatic N) is 1. The van der Waals surface area contributed by atoms with E-state index in [1.807, 2.05) is 17.0 Å². The molecule has 0 spiro atoms. The summed E-state index contributed by atoms with van der Waals surface area (Å²) >= 11 is 5.93. The number of nitrogens with one attached hydrogen (secondary N) is 1. The Hall–Kier alpha value is -0.770. The summed E-state index contributed by atoms with van der Waals surface area (Å²) in [6.45, 7) is 5.79. The van der Waals surface area contributed by atoms with Gasteiger partial charge in [0.25, 0.3) is 0 Å². The highest BCUT2D eigenvalue weighted by atomic mass is 35.5. The zero-order valence-electron chi connectivity index (χ0n) is 12.2. The minimum Gasteiger partial charge on any atom is -0.342 e. The second kappa shape index (κ2) is 6.99. The molecule has 0 aromatic heterocycles. The van der Waals surface area contributed by atoms with Crippen LogP contribution in [0.15, 0.2) is 24.3 Å². The Morgan fingerprint density at radius 2 is 2.00 bits per heavy atom. The lowest BCUT2D eigenvalue weighted by atomic mass is 9.88. The van der Waals surface area contributed by atoms with Crippen LogP contribution < -0.4 is 5.32 Å². The molecule has 2 aliphatic rings. The van der Waals surface area contributed by atoms with E-state index in [0.29, 0.717) is 17.7 Å². The lowest BCUT2D eigenvalue weighted by molar-refractivity contribution is -0.136. The summed E-state index contributed by atoms with van der Waals surface area (Å²) in [7, 11) is 0. The van der Waals surface area contributed by atoms with Crippen molar-refractivity contribution in [2.45, 2.75) is 19.3 Å². The number of carbonyl (C=O) groups excluding carboxylic acids is 1. The van der Waals surface area contributed by atoms with Crippen molar-refractivity contribution in [1.29, 1.82) is 0 Å². The molecule has 21 heavy (non-hydrogen) atoms. The van der Waals surface area contributed by atoms with Crippen molar-refractivity contribution in [3.05, 3.63) is 34.9 Å². The zero-order valence-corrected chi connectivity index (χ0v) is 13.8. The van der Waals surface area contributed by atoms with Gasteiger partial charge in [-0.2, -0.15) is 0 Å². The van der Waals surface area contributed by atoms with E-state index in [2.05, 4.69) is 24.4 Å². The number of benzene rings is 1. The molecule has 1 aromatic rings. The number of hydrogen-bond donors (Lipinski definition) is 1. The van der Waals surface area contributed by atoms with E-state index >= 15 is 0 Å². The molecule has 1 amide bonds. The van der Waals surface area contributed by atoms with Gasteiger partial charge in [-0.1, -0.05) is 30.7 Å². The van der Waals surface area contributed by atoms with Gasteiger partial charge in [-0.3, -0.25) is 4.79 Å². The third kappa shape index (κ3) is 3.53. The average molecular weight is 329 g/mol. The van der Waals surface area contributed by atoms with Crippen molar-refractivity contribution in [3.8, 4) is 0 Å².